The normalized spacial score (nSPS) is 15.8. The predicted octanol–water partition coefficient (Wildman–Crippen LogP) is 2.70. The number of aliphatic hydroxyl groups is 1. The van der Waals surface area contributed by atoms with Gasteiger partial charge in [-0.05, 0) is 36.6 Å². The number of aliphatic hydroxyl groups excluding tert-OH is 1. The highest BCUT2D eigenvalue weighted by molar-refractivity contribution is 6.29. The number of pyridine rings is 2. The van der Waals surface area contributed by atoms with Gasteiger partial charge < -0.3 is 15.3 Å². The maximum atomic E-state index is 9.64. The number of rotatable bonds is 4. The maximum Gasteiger partial charge on any atom is 0.151 e. The van der Waals surface area contributed by atoms with E-state index in [-0.39, 0.29) is 6.10 Å². The van der Waals surface area contributed by atoms with Crippen LogP contribution in [0.5, 0.6) is 0 Å². The first kappa shape index (κ1) is 15.1. The van der Waals surface area contributed by atoms with Crippen LogP contribution in [0.2, 0.25) is 5.15 Å². The van der Waals surface area contributed by atoms with E-state index < -0.39 is 0 Å². The molecular formula is C16H19ClN4O. The Kier molecular flexibility index (Phi) is 4.75. The minimum Gasteiger partial charge on any atom is -0.393 e. The zero-order valence-corrected chi connectivity index (χ0v) is 13.0. The minimum atomic E-state index is -0.184. The summed E-state index contributed by atoms with van der Waals surface area (Å²) in [7, 11) is 0. The zero-order valence-electron chi connectivity index (χ0n) is 12.2. The lowest BCUT2D eigenvalue weighted by Crippen LogP contribution is -2.36. The molecule has 0 aliphatic carbocycles. The van der Waals surface area contributed by atoms with Crippen LogP contribution in [0, 0.1) is 0 Å². The first-order chi connectivity index (χ1) is 10.7. The fourth-order valence-electron chi connectivity index (χ4n) is 2.57. The molecule has 0 amide bonds. The van der Waals surface area contributed by atoms with E-state index in [0.29, 0.717) is 11.7 Å². The molecule has 116 valence electrons. The molecule has 1 saturated heterocycles. The van der Waals surface area contributed by atoms with Crippen LogP contribution in [0.25, 0.3) is 0 Å². The van der Waals surface area contributed by atoms with Crippen LogP contribution in [0.15, 0.2) is 36.7 Å². The summed E-state index contributed by atoms with van der Waals surface area (Å²) in [5.41, 5.74) is 2.06. The van der Waals surface area contributed by atoms with Gasteiger partial charge in [-0.3, -0.25) is 0 Å². The second-order valence-corrected chi connectivity index (χ2v) is 5.82. The maximum absolute atomic E-state index is 9.64. The number of halogens is 1. The van der Waals surface area contributed by atoms with Crippen molar-refractivity contribution in [3.63, 3.8) is 0 Å². The van der Waals surface area contributed by atoms with Crippen molar-refractivity contribution in [3.05, 3.63) is 47.4 Å². The first-order valence-corrected chi connectivity index (χ1v) is 7.82. The number of nitrogens with one attached hydrogen (secondary N) is 1. The summed E-state index contributed by atoms with van der Waals surface area (Å²) < 4.78 is 0. The SMILES string of the molecule is OC1CCN(c2ncccc2NCc2ccc(Cl)nc2)CC1. The smallest absolute Gasteiger partial charge is 0.151 e. The third-order valence-corrected chi connectivity index (χ3v) is 4.05. The van der Waals surface area contributed by atoms with Crippen molar-refractivity contribution in [1.82, 2.24) is 9.97 Å². The summed E-state index contributed by atoms with van der Waals surface area (Å²) in [4.78, 5) is 10.8. The molecule has 1 aliphatic rings. The van der Waals surface area contributed by atoms with Gasteiger partial charge in [0.1, 0.15) is 5.15 Å². The lowest BCUT2D eigenvalue weighted by atomic mass is 10.1. The van der Waals surface area contributed by atoms with E-state index in [1.165, 1.54) is 0 Å². The Morgan fingerprint density at radius 2 is 2.05 bits per heavy atom. The monoisotopic (exact) mass is 318 g/mol. The Labute approximate surface area is 135 Å². The lowest BCUT2D eigenvalue weighted by Gasteiger charge is -2.31. The molecule has 6 heteroatoms. The standard InChI is InChI=1S/C16H19ClN4O/c17-15-4-3-12(11-20-15)10-19-14-2-1-7-18-16(14)21-8-5-13(22)6-9-21/h1-4,7,11,13,19,22H,5-6,8-10H2. The van der Waals surface area contributed by atoms with E-state index in [1.807, 2.05) is 18.2 Å². The van der Waals surface area contributed by atoms with Crippen LogP contribution < -0.4 is 10.2 Å². The van der Waals surface area contributed by atoms with Crippen molar-refractivity contribution < 1.29 is 5.11 Å². The third kappa shape index (κ3) is 3.67. The second-order valence-electron chi connectivity index (χ2n) is 5.44. The van der Waals surface area contributed by atoms with Crippen molar-refractivity contribution in [2.24, 2.45) is 0 Å². The molecule has 5 nitrogen and oxygen atoms in total. The number of anilines is 2. The van der Waals surface area contributed by atoms with Gasteiger partial charge in [0.25, 0.3) is 0 Å². The largest absolute Gasteiger partial charge is 0.393 e. The Hall–Kier alpha value is -1.85. The molecule has 3 rings (SSSR count). The minimum absolute atomic E-state index is 0.184. The number of hydrogen-bond donors (Lipinski definition) is 2. The average Bonchev–Trinajstić information content (AvgIpc) is 2.55. The Morgan fingerprint density at radius 3 is 2.77 bits per heavy atom. The topological polar surface area (TPSA) is 61.3 Å². The Bertz CT molecular complexity index is 612. The van der Waals surface area contributed by atoms with E-state index in [9.17, 15) is 5.11 Å². The first-order valence-electron chi connectivity index (χ1n) is 7.45. The molecule has 0 saturated carbocycles. The van der Waals surface area contributed by atoms with Gasteiger partial charge >= 0.3 is 0 Å². The Balaban J connectivity index is 1.69. The van der Waals surface area contributed by atoms with Gasteiger partial charge in [0.05, 0.1) is 11.8 Å². The second kappa shape index (κ2) is 6.94. The van der Waals surface area contributed by atoms with Gasteiger partial charge in [0, 0.05) is 32.0 Å². The summed E-state index contributed by atoms with van der Waals surface area (Å²) in [5, 5.41) is 13.5. The van der Waals surface area contributed by atoms with Crippen molar-refractivity contribution in [2.45, 2.75) is 25.5 Å². The highest BCUT2D eigenvalue weighted by Crippen LogP contribution is 2.26. The summed E-state index contributed by atoms with van der Waals surface area (Å²) in [6, 6.07) is 7.69. The highest BCUT2D eigenvalue weighted by atomic mass is 35.5. The van der Waals surface area contributed by atoms with Crippen LogP contribution in [0.1, 0.15) is 18.4 Å². The molecule has 22 heavy (non-hydrogen) atoms. The molecule has 2 aromatic rings. The molecule has 2 aromatic heterocycles. The molecule has 2 N–H and O–H groups in total. The van der Waals surface area contributed by atoms with E-state index in [0.717, 1.165) is 43.0 Å². The lowest BCUT2D eigenvalue weighted by molar-refractivity contribution is 0.145. The molecule has 0 atom stereocenters. The fourth-order valence-corrected chi connectivity index (χ4v) is 2.68. The number of hydrogen-bond acceptors (Lipinski definition) is 5. The van der Waals surface area contributed by atoms with Crippen LogP contribution in [0.3, 0.4) is 0 Å². The van der Waals surface area contributed by atoms with E-state index in [4.69, 9.17) is 11.6 Å². The van der Waals surface area contributed by atoms with E-state index in [1.54, 1.807) is 18.5 Å². The average molecular weight is 319 g/mol. The van der Waals surface area contributed by atoms with Gasteiger partial charge in [-0.1, -0.05) is 17.7 Å². The summed E-state index contributed by atoms with van der Waals surface area (Å²) in [6.45, 7) is 2.32. The molecule has 0 bridgehead atoms. The predicted molar refractivity (Wildman–Crippen MR) is 88.3 cm³/mol. The number of aromatic nitrogens is 2. The highest BCUT2D eigenvalue weighted by Gasteiger charge is 2.20. The zero-order chi connectivity index (χ0) is 15.4. The quantitative estimate of drug-likeness (QED) is 0.849. The van der Waals surface area contributed by atoms with Gasteiger partial charge in [-0.2, -0.15) is 0 Å². The van der Waals surface area contributed by atoms with E-state index in [2.05, 4.69) is 20.2 Å². The molecule has 0 radical (unpaired) electrons. The van der Waals surface area contributed by atoms with Gasteiger partial charge in [0.2, 0.25) is 0 Å². The molecular weight excluding hydrogens is 300 g/mol. The van der Waals surface area contributed by atoms with Crippen LogP contribution in [0.4, 0.5) is 11.5 Å². The van der Waals surface area contributed by atoms with Crippen molar-refractivity contribution in [3.8, 4) is 0 Å². The van der Waals surface area contributed by atoms with Crippen LogP contribution in [-0.4, -0.2) is 34.3 Å². The summed E-state index contributed by atoms with van der Waals surface area (Å²) in [5.74, 6) is 0.941. The number of nitrogens with zero attached hydrogens (tertiary/aromatic N) is 3. The molecule has 0 aromatic carbocycles. The third-order valence-electron chi connectivity index (χ3n) is 3.82. The van der Waals surface area contributed by atoms with Crippen molar-refractivity contribution >= 4 is 23.1 Å². The number of piperidine rings is 1. The van der Waals surface area contributed by atoms with E-state index >= 15 is 0 Å². The Morgan fingerprint density at radius 1 is 1.23 bits per heavy atom. The van der Waals surface area contributed by atoms with Crippen LogP contribution >= 0.6 is 11.6 Å². The van der Waals surface area contributed by atoms with Gasteiger partial charge in [-0.15, -0.1) is 0 Å². The molecule has 0 unspecified atom stereocenters. The molecule has 1 aliphatic heterocycles. The summed E-state index contributed by atoms with van der Waals surface area (Å²) >= 11 is 5.80. The fraction of sp³-hybridized carbons (Fsp3) is 0.375. The van der Waals surface area contributed by atoms with Crippen molar-refractivity contribution in [1.29, 1.82) is 0 Å². The summed E-state index contributed by atoms with van der Waals surface area (Å²) in [6.07, 6.45) is 4.96. The van der Waals surface area contributed by atoms with Gasteiger partial charge in [0.15, 0.2) is 5.82 Å². The molecule has 0 spiro atoms. The van der Waals surface area contributed by atoms with Crippen LogP contribution in [-0.2, 0) is 6.54 Å². The van der Waals surface area contributed by atoms with Crippen molar-refractivity contribution in [2.75, 3.05) is 23.3 Å². The van der Waals surface area contributed by atoms with Gasteiger partial charge in [-0.25, -0.2) is 9.97 Å². The molecule has 3 heterocycles. The molecule has 1 fully saturated rings.